The molecule has 1 N–H and O–H groups in total. The zero-order valence-corrected chi connectivity index (χ0v) is 18.4. The van der Waals surface area contributed by atoms with Crippen molar-refractivity contribution in [3.63, 3.8) is 0 Å². The predicted octanol–water partition coefficient (Wildman–Crippen LogP) is 6.15. The van der Waals surface area contributed by atoms with Gasteiger partial charge in [-0.05, 0) is 70.8 Å². The lowest BCUT2D eigenvalue weighted by Gasteiger charge is -2.29. The van der Waals surface area contributed by atoms with E-state index in [1.165, 1.54) is 12.1 Å². The van der Waals surface area contributed by atoms with Crippen molar-refractivity contribution in [1.29, 1.82) is 0 Å². The molecule has 1 unspecified atom stereocenters. The highest BCUT2D eigenvalue weighted by atomic mass is 127. The summed E-state index contributed by atoms with van der Waals surface area (Å²) in [6.07, 6.45) is -6.47. The fraction of sp³-hybridized carbons (Fsp3) is 0.316. The van der Waals surface area contributed by atoms with Gasteiger partial charge in [-0.1, -0.05) is 25.4 Å². The van der Waals surface area contributed by atoms with Gasteiger partial charge in [-0.2, -0.15) is 13.2 Å². The minimum atomic E-state index is -5.10. The van der Waals surface area contributed by atoms with Crippen LogP contribution >= 0.6 is 34.2 Å². The summed E-state index contributed by atoms with van der Waals surface area (Å²) in [5.41, 5.74) is 1.50. The zero-order chi connectivity index (χ0) is 21.6. The number of carbonyl (C=O) groups excluding carboxylic acids is 1. The molecule has 1 aliphatic rings. The molecule has 0 spiro atoms. The third-order valence-corrected chi connectivity index (χ3v) is 5.57. The Labute approximate surface area is 183 Å². The number of hydrogen-bond acceptors (Lipinski definition) is 4. The van der Waals surface area contributed by atoms with Crippen molar-refractivity contribution in [1.82, 2.24) is 5.32 Å². The Bertz CT molecular complexity index is 967. The molecule has 0 fully saturated rings. The second kappa shape index (κ2) is 7.75. The zero-order valence-electron chi connectivity index (χ0n) is 15.5. The van der Waals surface area contributed by atoms with Gasteiger partial charge >= 0.3 is 18.2 Å². The highest BCUT2D eigenvalue weighted by Gasteiger charge is 2.66. The van der Waals surface area contributed by atoms with Gasteiger partial charge in [0.15, 0.2) is 11.5 Å². The van der Waals surface area contributed by atoms with Gasteiger partial charge in [0.05, 0.1) is 0 Å². The molecule has 1 amide bonds. The maximum Gasteiger partial charge on any atom is 0.492 e. The van der Waals surface area contributed by atoms with E-state index in [1.807, 2.05) is 19.9 Å². The van der Waals surface area contributed by atoms with E-state index >= 15 is 0 Å². The minimum absolute atomic E-state index is 0.0196. The van der Waals surface area contributed by atoms with Crippen molar-refractivity contribution in [2.75, 3.05) is 0 Å². The second-order valence-electron chi connectivity index (χ2n) is 6.72. The van der Waals surface area contributed by atoms with Crippen LogP contribution in [-0.2, 0) is 0 Å². The molecule has 1 heterocycles. The molecule has 0 radical (unpaired) electrons. The highest BCUT2D eigenvalue weighted by Crippen LogP contribution is 2.46. The van der Waals surface area contributed by atoms with Crippen molar-refractivity contribution >= 4 is 40.3 Å². The normalized spacial score (nSPS) is 18.1. The van der Waals surface area contributed by atoms with Crippen LogP contribution in [0.4, 0.5) is 18.0 Å². The molecule has 2 aromatic carbocycles. The molecular weight excluding hydrogens is 526 g/mol. The second-order valence-corrected chi connectivity index (χ2v) is 8.32. The van der Waals surface area contributed by atoms with Crippen LogP contribution in [0.3, 0.4) is 0 Å². The van der Waals surface area contributed by atoms with E-state index in [2.05, 4.69) is 22.6 Å². The first-order valence-electron chi connectivity index (χ1n) is 8.46. The standard InChI is InChI=1S/C19H16ClF3INO4/c1-9(2)12-8-13(24)10(3)6-15(12)27-17(26)25-19(18(21,22)23)28-14-5-4-11(20)7-16(14)29-19/h4-9H,1-3H3,(H,25,26). The van der Waals surface area contributed by atoms with Crippen molar-refractivity contribution in [2.24, 2.45) is 0 Å². The largest absolute Gasteiger partial charge is 0.492 e. The Hall–Kier alpha value is -1.88. The molecule has 0 saturated carbocycles. The first kappa shape index (κ1) is 21.8. The van der Waals surface area contributed by atoms with E-state index in [0.29, 0.717) is 5.56 Å². The molecule has 10 heteroatoms. The van der Waals surface area contributed by atoms with Crippen molar-refractivity contribution < 1.29 is 32.2 Å². The maximum atomic E-state index is 13.8. The van der Waals surface area contributed by atoms with E-state index in [-0.39, 0.29) is 28.2 Å². The van der Waals surface area contributed by atoms with Gasteiger partial charge in [0.2, 0.25) is 0 Å². The van der Waals surface area contributed by atoms with E-state index in [0.717, 1.165) is 15.2 Å². The summed E-state index contributed by atoms with van der Waals surface area (Å²) in [5.74, 6) is -3.74. The van der Waals surface area contributed by atoms with Crippen molar-refractivity contribution in [3.05, 3.63) is 50.1 Å². The van der Waals surface area contributed by atoms with E-state index in [1.54, 1.807) is 18.3 Å². The lowest BCUT2D eigenvalue weighted by Crippen LogP contribution is -2.65. The van der Waals surface area contributed by atoms with Gasteiger partial charge in [0, 0.05) is 14.7 Å². The van der Waals surface area contributed by atoms with Crippen LogP contribution in [0.5, 0.6) is 17.2 Å². The summed E-state index contributed by atoms with van der Waals surface area (Å²) < 4.78 is 57.3. The Morgan fingerprint density at radius 1 is 1.21 bits per heavy atom. The van der Waals surface area contributed by atoms with E-state index in [9.17, 15) is 18.0 Å². The maximum absolute atomic E-state index is 13.8. The lowest BCUT2D eigenvalue weighted by atomic mass is 10.0. The first-order valence-corrected chi connectivity index (χ1v) is 9.92. The summed E-state index contributed by atoms with van der Waals surface area (Å²) in [5, 5.41) is 1.83. The molecule has 0 aliphatic carbocycles. The Balaban J connectivity index is 1.88. The van der Waals surface area contributed by atoms with Crippen LogP contribution in [0, 0.1) is 10.5 Å². The van der Waals surface area contributed by atoms with Crippen LogP contribution in [0.15, 0.2) is 30.3 Å². The van der Waals surface area contributed by atoms with Gasteiger partial charge in [-0.25, -0.2) is 10.1 Å². The summed E-state index contributed by atoms with van der Waals surface area (Å²) >= 11 is 7.92. The average Bonchev–Trinajstić information content (AvgIpc) is 2.95. The molecule has 0 bridgehead atoms. The topological polar surface area (TPSA) is 56.8 Å². The molecular formula is C19H16ClF3INO4. The highest BCUT2D eigenvalue weighted by molar-refractivity contribution is 14.1. The fourth-order valence-corrected chi connectivity index (χ4v) is 3.34. The van der Waals surface area contributed by atoms with Crippen LogP contribution in [0.1, 0.15) is 30.9 Å². The van der Waals surface area contributed by atoms with Crippen molar-refractivity contribution in [2.45, 2.75) is 38.8 Å². The average molecular weight is 542 g/mol. The monoisotopic (exact) mass is 541 g/mol. The summed E-state index contributed by atoms with van der Waals surface area (Å²) in [6, 6.07) is 7.15. The molecule has 3 rings (SSSR count). The van der Waals surface area contributed by atoms with Gasteiger partial charge in [-0.3, -0.25) is 0 Å². The molecule has 1 atom stereocenters. The Morgan fingerprint density at radius 2 is 1.86 bits per heavy atom. The molecule has 29 heavy (non-hydrogen) atoms. The predicted molar refractivity (Wildman–Crippen MR) is 109 cm³/mol. The lowest BCUT2D eigenvalue weighted by molar-refractivity contribution is -0.318. The van der Waals surface area contributed by atoms with Gasteiger partial charge in [0.25, 0.3) is 0 Å². The molecule has 156 valence electrons. The number of rotatable bonds is 3. The molecule has 0 aromatic heterocycles. The van der Waals surface area contributed by atoms with E-state index < -0.39 is 18.2 Å². The number of fused-ring (bicyclic) bond motifs is 1. The van der Waals surface area contributed by atoms with Crippen LogP contribution in [0.2, 0.25) is 5.02 Å². The quantitative estimate of drug-likeness (QED) is 0.474. The number of ether oxygens (including phenoxy) is 3. The first-order chi connectivity index (χ1) is 13.4. The van der Waals surface area contributed by atoms with Crippen molar-refractivity contribution in [3.8, 4) is 17.2 Å². The molecule has 2 aromatic rings. The third-order valence-electron chi connectivity index (χ3n) is 4.17. The minimum Gasteiger partial charge on any atom is -0.424 e. The Morgan fingerprint density at radius 3 is 2.48 bits per heavy atom. The summed E-state index contributed by atoms with van der Waals surface area (Å²) in [7, 11) is 0. The fourth-order valence-electron chi connectivity index (χ4n) is 2.68. The number of nitrogens with one attached hydrogen (secondary N) is 1. The van der Waals surface area contributed by atoms with Gasteiger partial charge in [-0.15, -0.1) is 0 Å². The number of aryl methyl sites for hydroxylation is 1. The van der Waals surface area contributed by atoms with Crippen LogP contribution in [0.25, 0.3) is 0 Å². The smallest absolute Gasteiger partial charge is 0.424 e. The van der Waals surface area contributed by atoms with E-state index in [4.69, 9.17) is 25.8 Å². The number of hydrogen-bond donors (Lipinski definition) is 1. The molecule has 0 saturated heterocycles. The number of carbonyl (C=O) groups is 1. The van der Waals surface area contributed by atoms with Gasteiger partial charge < -0.3 is 14.2 Å². The number of benzene rings is 2. The van der Waals surface area contributed by atoms with Crippen LogP contribution < -0.4 is 19.5 Å². The number of alkyl halides is 3. The number of amides is 1. The number of halogens is 5. The molecule has 1 aliphatic heterocycles. The Kier molecular flexibility index (Phi) is 5.83. The SMILES string of the molecule is Cc1cc(OC(=O)NC2(C(F)(F)F)Oc3ccc(Cl)cc3O2)c(C(C)C)cc1I. The van der Waals surface area contributed by atoms with Crippen LogP contribution in [-0.4, -0.2) is 18.2 Å². The third kappa shape index (κ3) is 4.35. The van der Waals surface area contributed by atoms with Gasteiger partial charge in [0.1, 0.15) is 5.75 Å². The summed E-state index contributed by atoms with van der Waals surface area (Å²) in [6.45, 7) is 5.57. The molecule has 5 nitrogen and oxygen atoms in total. The summed E-state index contributed by atoms with van der Waals surface area (Å²) in [4.78, 5) is 12.4.